The molecule has 4 heteroatoms. The fraction of sp³-hybridized carbons (Fsp3) is 0.875. The van der Waals surface area contributed by atoms with Gasteiger partial charge in [0.2, 0.25) is 0 Å². The van der Waals surface area contributed by atoms with Crippen molar-refractivity contribution in [1.82, 2.24) is 0 Å². The summed E-state index contributed by atoms with van der Waals surface area (Å²) in [6.45, 7) is 4.03. The summed E-state index contributed by atoms with van der Waals surface area (Å²) in [6, 6.07) is 0. The summed E-state index contributed by atoms with van der Waals surface area (Å²) in [5, 5.41) is 0. The molecular weight excluding hydrogens is 256 g/mol. The zero-order chi connectivity index (χ0) is 13.8. The Balaban J connectivity index is 1.40. The number of fused-ring (bicyclic) bond motifs is 1. The molecule has 0 saturated heterocycles. The van der Waals surface area contributed by atoms with Crippen molar-refractivity contribution in [2.45, 2.75) is 13.8 Å². The van der Waals surface area contributed by atoms with E-state index in [0.29, 0.717) is 25.0 Å². The lowest BCUT2D eigenvalue weighted by molar-refractivity contribution is -0.154. The van der Waals surface area contributed by atoms with Crippen LogP contribution < -0.4 is 0 Å². The summed E-state index contributed by atoms with van der Waals surface area (Å²) in [5.41, 5.74) is 0. The lowest BCUT2D eigenvalue weighted by Crippen LogP contribution is -2.47. The molecule has 20 heavy (non-hydrogen) atoms. The van der Waals surface area contributed by atoms with Crippen molar-refractivity contribution in [2.24, 2.45) is 59.2 Å². The Morgan fingerprint density at radius 3 is 1.25 bits per heavy atom. The molecule has 0 heterocycles. The Morgan fingerprint density at radius 2 is 0.950 bits per heavy atom. The molecule has 0 aromatic carbocycles. The van der Waals surface area contributed by atoms with E-state index in [9.17, 15) is 9.59 Å². The van der Waals surface area contributed by atoms with Crippen LogP contribution in [0.3, 0.4) is 0 Å². The van der Waals surface area contributed by atoms with Gasteiger partial charge in [0, 0.05) is 25.7 Å². The third-order valence-corrected chi connectivity index (χ3v) is 7.10. The Morgan fingerprint density at radius 1 is 0.650 bits per heavy atom. The quantitative estimate of drug-likeness (QED) is 0.727. The molecule has 6 fully saturated rings. The smallest absolute Gasteiger partial charge is 0.302 e. The molecule has 0 amide bonds. The first-order valence-electron chi connectivity index (χ1n) is 7.88. The average Bonchev–Trinajstić information content (AvgIpc) is 3.22. The van der Waals surface area contributed by atoms with Crippen molar-refractivity contribution >= 4 is 11.9 Å². The van der Waals surface area contributed by atoms with Crippen LogP contribution in [0.15, 0.2) is 0 Å². The van der Waals surface area contributed by atoms with Crippen LogP contribution in [0.25, 0.3) is 0 Å². The molecular formula is C16H20O4. The van der Waals surface area contributed by atoms with Gasteiger partial charge in [-0.05, 0) is 47.3 Å². The van der Waals surface area contributed by atoms with Crippen molar-refractivity contribution in [3.05, 3.63) is 0 Å². The molecule has 6 saturated carbocycles. The summed E-state index contributed by atoms with van der Waals surface area (Å²) in [4.78, 5) is 22.3. The maximum absolute atomic E-state index is 11.1. The van der Waals surface area contributed by atoms with E-state index in [2.05, 4.69) is 0 Å². The SMILES string of the molecule is CC(=O)OC[C@H]1C2[C@H]3C4C5[C@H]2[C@@H]5C([C@@H]43)[C@@H]1COC(C)=O. The predicted octanol–water partition coefficient (Wildman–Crippen LogP) is 1.34. The van der Waals surface area contributed by atoms with E-state index < -0.39 is 0 Å². The molecule has 6 rings (SSSR count). The zero-order valence-corrected chi connectivity index (χ0v) is 11.8. The molecule has 108 valence electrons. The van der Waals surface area contributed by atoms with Crippen LogP contribution in [0, 0.1) is 59.2 Å². The number of hydrogen-bond acceptors (Lipinski definition) is 4. The summed E-state index contributed by atoms with van der Waals surface area (Å²) >= 11 is 0. The highest BCUT2D eigenvalue weighted by molar-refractivity contribution is 5.66. The van der Waals surface area contributed by atoms with E-state index in [0.717, 1.165) is 47.3 Å². The molecule has 6 aliphatic carbocycles. The minimum Gasteiger partial charge on any atom is -0.466 e. The molecule has 2 bridgehead atoms. The monoisotopic (exact) mass is 276 g/mol. The number of rotatable bonds is 4. The van der Waals surface area contributed by atoms with Gasteiger partial charge in [-0.25, -0.2) is 0 Å². The minimum absolute atomic E-state index is 0.190. The van der Waals surface area contributed by atoms with Gasteiger partial charge in [0.05, 0.1) is 13.2 Å². The third kappa shape index (κ3) is 1.16. The van der Waals surface area contributed by atoms with Gasteiger partial charge >= 0.3 is 11.9 Å². The molecule has 0 N–H and O–H groups in total. The van der Waals surface area contributed by atoms with Crippen LogP contribution in [0.5, 0.6) is 0 Å². The fourth-order valence-electron chi connectivity index (χ4n) is 6.97. The first-order valence-corrected chi connectivity index (χ1v) is 7.88. The van der Waals surface area contributed by atoms with E-state index >= 15 is 0 Å². The standard InChI is InChI=1S/C16H20O4/c1-5(17)19-3-7-8(4-20-6(2)18)10-13-11-9(7)12-14(10)16(12)15(11)13/h7-16H,3-4H2,1-2H3/t7-,8-,9?,10?,11-,12-,13-,14+,15?,16?/m1/s1. The van der Waals surface area contributed by atoms with Crippen LogP contribution in [0.4, 0.5) is 0 Å². The highest BCUT2D eigenvalue weighted by atomic mass is 16.5. The molecule has 4 unspecified atom stereocenters. The van der Waals surface area contributed by atoms with Crippen LogP contribution >= 0.6 is 0 Å². The van der Waals surface area contributed by atoms with E-state index in [1.807, 2.05) is 0 Å². The van der Waals surface area contributed by atoms with Gasteiger partial charge in [-0.2, -0.15) is 0 Å². The van der Waals surface area contributed by atoms with Gasteiger partial charge in [0.15, 0.2) is 0 Å². The van der Waals surface area contributed by atoms with Crippen molar-refractivity contribution in [3.63, 3.8) is 0 Å². The lowest BCUT2D eigenvalue weighted by Gasteiger charge is -2.47. The molecule has 4 nitrogen and oxygen atoms in total. The molecule has 0 aliphatic heterocycles. The summed E-state index contributed by atoms with van der Waals surface area (Å²) in [6.07, 6.45) is 0. The van der Waals surface area contributed by atoms with Gasteiger partial charge in [0.25, 0.3) is 0 Å². The molecule has 10 atom stereocenters. The second-order valence-corrected chi connectivity index (χ2v) is 7.55. The topological polar surface area (TPSA) is 52.6 Å². The average molecular weight is 276 g/mol. The summed E-state index contributed by atoms with van der Waals surface area (Å²) < 4.78 is 10.7. The first kappa shape index (κ1) is 11.6. The Hall–Kier alpha value is -1.06. The number of carbonyl (C=O) groups is 2. The van der Waals surface area contributed by atoms with Gasteiger partial charge in [-0.15, -0.1) is 0 Å². The molecule has 0 aromatic heterocycles. The van der Waals surface area contributed by atoms with Crippen LogP contribution in [-0.4, -0.2) is 25.2 Å². The summed E-state index contributed by atoms with van der Waals surface area (Å²) in [5.74, 6) is 7.67. The van der Waals surface area contributed by atoms with Crippen molar-refractivity contribution in [1.29, 1.82) is 0 Å². The Labute approximate surface area is 118 Å². The highest BCUT2D eigenvalue weighted by Gasteiger charge is 2.90. The second kappa shape index (κ2) is 3.40. The Kier molecular flexibility index (Phi) is 1.97. The normalized spacial score (nSPS) is 58.3. The summed E-state index contributed by atoms with van der Waals surface area (Å²) in [7, 11) is 0. The van der Waals surface area contributed by atoms with Gasteiger partial charge < -0.3 is 9.47 Å². The number of ether oxygens (including phenoxy) is 2. The Bertz CT molecular complexity index is 449. The van der Waals surface area contributed by atoms with Crippen molar-refractivity contribution in [2.75, 3.05) is 13.2 Å². The van der Waals surface area contributed by atoms with Gasteiger partial charge in [0.1, 0.15) is 0 Å². The van der Waals surface area contributed by atoms with Crippen LogP contribution in [0.2, 0.25) is 0 Å². The lowest BCUT2D eigenvalue weighted by atomic mass is 9.59. The van der Waals surface area contributed by atoms with E-state index in [1.165, 1.54) is 13.8 Å². The molecule has 6 aliphatic rings. The highest BCUT2D eigenvalue weighted by Crippen LogP contribution is 2.93. The fourth-order valence-corrected chi connectivity index (χ4v) is 6.97. The van der Waals surface area contributed by atoms with Crippen LogP contribution in [-0.2, 0) is 19.1 Å². The molecule has 0 radical (unpaired) electrons. The molecule has 0 aromatic rings. The largest absolute Gasteiger partial charge is 0.466 e. The molecule has 0 spiro atoms. The van der Waals surface area contributed by atoms with E-state index in [-0.39, 0.29) is 11.9 Å². The maximum atomic E-state index is 11.1. The number of hydrogen-bond donors (Lipinski definition) is 0. The second-order valence-electron chi connectivity index (χ2n) is 7.55. The zero-order valence-electron chi connectivity index (χ0n) is 11.8. The van der Waals surface area contributed by atoms with Crippen LogP contribution in [0.1, 0.15) is 13.8 Å². The van der Waals surface area contributed by atoms with Gasteiger partial charge in [-0.3, -0.25) is 9.59 Å². The van der Waals surface area contributed by atoms with Crippen molar-refractivity contribution in [3.8, 4) is 0 Å². The minimum atomic E-state index is -0.190. The van der Waals surface area contributed by atoms with E-state index in [4.69, 9.17) is 9.47 Å². The maximum Gasteiger partial charge on any atom is 0.302 e. The predicted molar refractivity (Wildman–Crippen MR) is 68.2 cm³/mol. The number of carbonyl (C=O) groups excluding carboxylic acids is 2. The number of esters is 2. The van der Waals surface area contributed by atoms with Crippen molar-refractivity contribution < 1.29 is 19.1 Å². The first-order chi connectivity index (χ1) is 9.61. The van der Waals surface area contributed by atoms with E-state index in [1.54, 1.807) is 0 Å². The van der Waals surface area contributed by atoms with Gasteiger partial charge in [-0.1, -0.05) is 0 Å². The third-order valence-electron chi connectivity index (χ3n) is 7.10.